The second-order valence-electron chi connectivity index (χ2n) is 3.64. The number of hydrogen-bond acceptors (Lipinski definition) is 5. The molecule has 17 heavy (non-hydrogen) atoms. The molecule has 3 N–H and O–H groups in total. The van der Waals surface area contributed by atoms with Crippen LogP contribution in [-0.2, 0) is 0 Å². The highest BCUT2D eigenvalue weighted by molar-refractivity contribution is 5.92. The molecule has 2 aromatic rings. The van der Waals surface area contributed by atoms with Gasteiger partial charge in [0, 0.05) is 11.8 Å². The van der Waals surface area contributed by atoms with Crippen molar-refractivity contribution in [3.63, 3.8) is 0 Å². The molecule has 6 nitrogen and oxygen atoms in total. The Morgan fingerprint density at radius 2 is 2.29 bits per heavy atom. The summed E-state index contributed by atoms with van der Waals surface area (Å²) in [7, 11) is 0. The summed E-state index contributed by atoms with van der Waals surface area (Å²) in [5, 5.41) is 20.6. The van der Waals surface area contributed by atoms with Crippen molar-refractivity contribution in [3.8, 4) is 5.75 Å². The van der Waals surface area contributed by atoms with Gasteiger partial charge in [0.05, 0.1) is 4.92 Å². The molecule has 0 aliphatic carbocycles. The fourth-order valence-electron chi connectivity index (χ4n) is 1.58. The Bertz CT molecular complexity index is 624. The van der Waals surface area contributed by atoms with Gasteiger partial charge >= 0.3 is 5.69 Å². The van der Waals surface area contributed by atoms with E-state index in [-0.39, 0.29) is 22.6 Å². The number of rotatable bonds is 2. The van der Waals surface area contributed by atoms with Crippen molar-refractivity contribution in [1.82, 2.24) is 0 Å². The molecule has 0 unspecified atom stereocenters. The van der Waals surface area contributed by atoms with Crippen molar-refractivity contribution < 1.29 is 14.4 Å². The van der Waals surface area contributed by atoms with E-state index in [1.54, 1.807) is 6.92 Å². The zero-order valence-corrected chi connectivity index (χ0v) is 9.01. The topological polar surface area (TPSA) is 103 Å². The number of nitrogens with zero attached hydrogens (tertiary/aromatic N) is 1. The molecule has 0 saturated carbocycles. The van der Waals surface area contributed by atoms with Gasteiger partial charge in [0.2, 0.25) is 5.76 Å². The van der Waals surface area contributed by atoms with E-state index in [1.807, 2.05) is 0 Å². The lowest BCUT2D eigenvalue weighted by atomic mass is 10.2. The Hall–Kier alpha value is -2.50. The molecule has 0 radical (unpaired) electrons. The molecule has 0 fully saturated rings. The Kier molecular flexibility index (Phi) is 2.47. The molecule has 88 valence electrons. The van der Waals surface area contributed by atoms with Gasteiger partial charge in [-0.25, -0.2) is 0 Å². The molecule has 0 aliphatic rings. The summed E-state index contributed by atoms with van der Waals surface area (Å²) in [5.41, 5.74) is 6.02. The lowest BCUT2D eigenvalue weighted by molar-refractivity contribution is -0.383. The van der Waals surface area contributed by atoms with E-state index < -0.39 is 4.92 Å². The second-order valence-corrected chi connectivity index (χ2v) is 3.64. The highest BCUT2D eigenvalue weighted by Crippen LogP contribution is 2.35. The number of phenols is 1. The van der Waals surface area contributed by atoms with Crippen LogP contribution >= 0.6 is 0 Å². The number of nitro groups is 1. The Labute approximate surface area is 96.1 Å². The smallest absolute Gasteiger partial charge is 0.322 e. The van der Waals surface area contributed by atoms with Gasteiger partial charge in [-0.1, -0.05) is 0 Å². The molecular weight excluding hydrogens is 224 g/mol. The molecule has 1 aromatic carbocycles. The minimum absolute atomic E-state index is 0.0543. The molecule has 0 saturated heterocycles. The molecule has 0 aliphatic heterocycles. The van der Waals surface area contributed by atoms with Crippen LogP contribution < -0.4 is 5.73 Å². The monoisotopic (exact) mass is 234 g/mol. The summed E-state index contributed by atoms with van der Waals surface area (Å²) in [6, 6.07) is 4.17. The third kappa shape index (κ3) is 1.92. The largest absolute Gasteiger partial charge is 0.508 e. The third-order valence-electron chi connectivity index (χ3n) is 2.21. The molecule has 2 rings (SSSR count). The first-order valence-electron chi connectivity index (χ1n) is 4.82. The molecule has 1 aromatic heterocycles. The van der Waals surface area contributed by atoms with Gasteiger partial charge < -0.3 is 15.3 Å². The number of fused-ring (bicyclic) bond motifs is 1. The van der Waals surface area contributed by atoms with E-state index in [1.165, 1.54) is 24.3 Å². The molecule has 0 spiro atoms. The molecule has 0 atom stereocenters. The average molecular weight is 234 g/mol. The predicted molar refractivity (Wildman–Crippen MR) is 62.4 cm³/mol. The number of nitrogens with two attached hydrogens (primary N) is 1. The van der Waals surface area contributed by atoms with Crippen molar-refractivity contribution in [2.45, 2.75) is 6.92 Å². The Morgan fingerprint density at radius 1 is 1.59 bits per heavy atom. The number of allylic oxidation sites excluding steroid dienone is 1. The van der Waals surface area contributed by atoms with E-state index in [4.69, 9.17) is 10.2 Å². The van der Waals surface area contributed by atoms with Crippen LogP contribution in [0.1, 0.15) is 12.7 Å². The van der Waals surface area contributed by atoms with Crippen LogP contribution in [0.15, 0.2) is 28.3 Å². The van der Waals surface area contributed by atoms with Gasteiger partial charge in [-0.15, -0.1) is 0 Å². The normalized spacial score (nSPS) is 11.9. The van der Waals surface area contributed by atoms with E-state index in [2.05, 4.69) is 0 Å². The van der Waals surface area contributed by atoms with Crippen LogP contribution in [0.2, 0.25) is 0 Å². The van der Waals surface area contributed by atoms with Gasteiger partial charge in [-0.3, -0.25) is 10.1 Å². The summed E-state index contributed by atoms with van der Waals surface area (Å²) in [6.07, 6.45) is 1.38. The summed E-state index contributed by atoms with van der Waals surface area (Å²) in [5.74, 6) is 0.0250. The fraction of sp³-hybridized carbons (Fsp3) is 0.0909. The first-order chi connectivity index (χ1) is 7.99. The van der Waals surface area contributed by atoms with Crippen LogP contribution in [0.3, 0.4) is 0 Å². The van der Waals surface area contributed by atoms with Crippen LogP contribution in [0.5, 0.6) is 5.75 Å². The van der Waals surface area contributed by atoms with Crippen LogP contribution in [-0.4, -0.2) is 10.0 Å². The number of furan rings is 1. The molecule has 0 bridgehead atoms. The molecule has 1 heterocycles. The highest BCUT2D eigenvalue weighted by Gasteiger charge is 2.23. The quantitative estimate of drug-likeness (QED) is 0.613. The SMILES string of the molecule is C/C(N)=C/c1oc2ccc(O)cc2c1[N+](=O)[O-]. The zero-order chi connectivity index (χ0) is 12.6. The average Bonchev–Trinajstić information content (AvgIpc) is 2.53. The number of hydrogen-bond donors (Lipinski definition) is 2. The van der Waals surface area contributed by atoms with E-state index >= 15 is 0 Å². The molecule has 6 heteroatoms. The lowest BCUT2D eigenvalue weighted by Gasteiger charge is -1.91. The van der Waals surface area contributed by atoms with Crippen LogP contribution in [0, 0.1) is 10.1 Å². The number of benzene rings is 1. The van der Waals surface area contributed by atoms with E-state index in [0.717, 1.165) is 0 Å². The lowest BCUT2D eigenvalue weighted by Crippen LogP contribution is -1.92. The molecule has 0 amide bonds. The number of phenolic OH excluding ortho intramolecular Hbond substituents is 1. The maximum atomic E-state index is 11.0. The van der Waals surface area contributed by atoms with Gasteiger partial charge in [-0.05, 0) is 25.1 Å². The summed E-state index contributed by atoms with van der Waals surface area (Å²) >= 11 is 0. The maximum Gasteiger partial charge on any atom is 0.322 e. The maximum absolute atomic E-state index is 11.0. The van der Waals surface area contributed by atoms with Crippen molar-refractivity contribution in [2.24, 2.45) is 5.73 Å². The predicted octanol–water partition coefficient (Wildman–Crippen LogP) is 2.37. The number of aromatic hydroxyl groups is 1. The molecular formula is C11H10N2O4. The summed E-state index contributed by atoms with van der Waals surface area (Å²) < 4.78 is 5.32. The zero-order valence-electron chi connectivity index (χ0n) is 9.01. The highest BCUT2D eigenvalue weighted by atomic mass is 16.6. The van der Waals surface area contributed by atoms with Crippen molar-refractivity contribution >= 4 is 22.7 Å². The minimum atomic E-state index is -0.556. The second kappa shape index (κ2) is 3.82. The Morgan fingerprint density at radius 3 is 2.88 bits per heavy atom. The first kappa shape index (κ1) is 11.0. The van der Waals surface area contributed by atoms with Gasteiger partial charge in [0.25, 0.3) is 0 Å². The first-order valence-corrected chi connectivity index (χ1v) is 4.82. The van der Waals surface area contributed by atoms with Crippen molar-refractivity contribution in [2.75, 3.05) is 0 Å². The van der Waals surface area contributed by atoms with Crippen molar-refractivity contribution in [3.05, 3.63) is 39.8 Å². The van der Waals surface area contributed by atoms with E-state index in [0.29, 0.717) is 11.3 Å². The Balaban J connectivity index is 2.80. The fourth-order valence-corrected chi connectivity index (χ4v) is 1.58. The summed E-state index contributed by atoms with van der Waals surface area (Å²) in [6.45, 7) is 1.61. The van der Waals surface area contributed by atoms with Gasteiger partial charge in [0.15, 0.2) is 0 Å². The van der Waals surface area contributed by atoms with Crippen LogP contribution in [0.25, 0.3) is 17.0 Å². The van der Waals surface area contributed by atoms with Gasteiger partial charge in [0.1, 0.15) is 16.7 Å². The van der Waals surface area contributed by atoms with Crippen LogP contribution in [0.4, 0.5) is 5.69 Å². The standard InChI is InChI=1S/C11H10N2O4/c1-6(12)4-10-11(13(15)16)8-5-7(14)2-3-9(8)17-10/h2-5,14H,12H2,1H3/b6-4-. The van der Waals surface area contributed by atoms with Crippen molar-refractivity contribution in [1.29, 1.82) is 0 Å². The minimum Gasteiger partial charge on any atom is -0.508 e. The third-order valence-corrected chi connectivity index (χ3v) is 2.21. The van der Waals surface area contributed by atoms with Gasteiger partial charge in [-0.2, -0.15) is 0 Å². The summed E-state index contributed by atoms with van der Waals surface area (Å²) in [4.78, 5) is 10.4. The van der Waals surface area contributed by atoms with E-state index in [9.17, 15) is 15.2 Å².